The zero-order valence-electron chi connectivity index (χ0n) is 9.29. The fraction of sp³-hybridized carbons (Fsp3) is 0.0909. The Bertz CT molecular complexity index is 567. The van der Waals surface area contributed by atoms with Gasteiger partial charge in [0.1, 0.15) is 4.88 Å². The van der Waals surface area contributed by atoms with Crippen molar-refractivity contribution in [3.63, 3.8) is 0 Å². The topological polar surface area (TPSA) is 92.7 Å². The van der Waals surface area contributed by atoms with Crippen LogP contribution < -0.4 is 5.73 Å². The molecular weight excluding hydrogens is 268 g/mol. The van der Waals surface area contributed by atoms with Crippen LogP contribution in [0.5, 0.6) is 0 Å². The highest BCUT2D eigenvalue weighted by atomic mass is 32.2. The first-order chi connectivity index (χ1) is 8.68. The number of benzene rings is 1. The van der Waals surface area contributed by atoms with E-state index in [0.717, 1.165) is 23.3 Å². The van der Waals surface area contributed by atoms with E-state index in [-0.39, 0.29) is 11.0 Å². The molecule has 1 heterocycles. The van der Waals surface area contributed by atoms with Crippen molar-refractivity contribution in [2.24, 2.45) is 5.73 Å². The molecule has 0 spiro atoms. The van der Waals surface area contributed by atoms with E-state index in [1.54, 1.807) is 12.1 Å². The lowest BCUT2D eigenvalue weighted by Crippen LogP contribution is -2.06. The quantitative estimate of drug-likeness (QED) is 0.506. The lowest BCUT2D eigenvalue weighted by atomic mass is 10.1. The lowest BCUT2D eigenvalue weighted by molar-refractivity contribution is 0.104. The van der Waals surface area contributed by atoms with Gasteiger partial charge in [-0.15, -0.1) is 5.10 Å². The van der Waals surface area contributed by atoms with Crippen molar-refractivity contribution in [3.8, 4) is 0 Å². The van der Waals surface area contributed by atoms with Crippen molar-refractivity contribution in [1.29, 1.82) is 5.41 Å². The SMILES string of the molecule is N=C(N)SCc1nnsc1C(=O)c1ccccc1. The molecule has 1 aromatic heterocycles. The van der Waals surface area contributed by atoms with Gasteiger partial charge in [0.25, 0.3) is 0 Å². The highest BCUT2D eigenvalue weighted by Gasteiger charge is 2.17. The number of amidine groups is 1. The van der Waals surface area contributed by atoms with Gasteiger partial charge < -0.3 is 5.73 Å². The Morgan fingerprint density at radius 2 is 2.11 bits per heavy atom. The molecule has 0 unspecified atom stereocenters. The zero-order valence-corrected chi connectivity index (χ0v) is 10.9. The third-order valence-corrected chi connectivity index (χ3v) is 3.66. The van der Waals surface area contributed by atoms with Gasteiger partial charge in [0, 0.05) is 11.3 Å². The van der Waals surface area contributed by atoms with Crippen molar-refractivity contribution in [2.75, 3.05) is 0 Å². The van der Waals surface area contributed by atoms with Crippen LogP contribution in [0.15, 0.2) is 30.3 Å². The number of carbonyl (C=O) groups excluding carboxylic acids is 1. The highest BCUT2D eigenvalue weighted by Crippen LogP contribution is 2.20. The first-order valence-corrected chi connectivity index (χ1v) is 6.82. The number of nitrogens with two attached hydrogens (primary N) is 1. The van der Waals surface area contributed by atoms with Gasteiger partial charge in [0.15, 0.2) is 5.17 Å². The summed E-state index contributed by atoms with van der Waals surface area (Å²) in [6.45, 7) is 0. The molecule has 2 rings (SSSR count). The number of hydrogen-bond donors (Lipinski definition) is 2. The number of aromatic nitrogens is 2. The van der Waals surface area contributed by atoms with Crippen LogP contribution >= 0.6 is 23.3 Å². The van der Waals surface area contributed by atoms with Gasteiger partial charge in [-0.05, 0) is 11.5 Å². The summed E-state index contributed by atoms with van der Waals surface area (Å²) in [7, 11) is 0. The molecule has 3 N–H and O–H groups in total. The van der Waals surface area contributed by atoms with Gasteiger partial charge >= 0.3 is 0 Å². The molecule has 0 saturated heterocycles. The van der Waals surface area contributed by atoms with Crippen molar-refractivity contribution in [3.05, 3.63) is 46.5 Å². The van der Waals surface area contributed by atoms with E-state index >= 15 is 0 Å². The van der Waals surface area contributed by atoms with Gasteiger partial charge in [0.05, 0.1) is 5.69 Å². The predicted octanol–water partition coefficient (Wildman–Crippen LogP) is 1.90. The first-order valence-electron chi connectivity index (χ1n) is 5.06. The van der Waals surface area contributed by atoms with Crippen LogP contribution in [0.3, 0.4) is 0 Å². The largest absolute Gasteiger partial charge is 0.379 e. The average Bonchev–Trinajstić information content (AvgIpc) is 2.85. The Kier molecular flexibility index (Phi) is 4.06. The summed E-state index contributed by atoms with van der Waals surface area (Å²) in [5.74, 6) is 0.296. The van der Waals surface area contributed by atoms with E-state index < -0.39 is 0 Å². The maximum atomic E-state index is 12.2. The molecule has 0 saturated carbocycles. The number of rotatable bonds is 4. The molecule has 5 nitrogen and oxygen atoms in total. The molecule has 2 aromatic rings. The molecule has 0 aliphatic carbocycles. The van der Waals surface area contributed by atoms with Gasteiger partial charge in [-0.1, -0.05) is 46.6 Å². The molecule has 18 heavy (non-hydrogen) atoms. The van der Waals surface area contributed by atoms with Crippen LogP contribution in [-0.4, -0.2) is 20.5 Å². The minimum atomic E-state index is -0.0928. The van der Waals surface area contributed by atoms with Crippen molar-refractivity contribution in [1.82, 2.24) is 9.59 Å². The van der Waals surface area contributed by atoms with Crippen LogP contribution in [0.4, 0.5) is 0 Å². The van der Waals surface area contributed by atoms with Crippen LogP contribution in [0.1, 0.15) is 20.9 Å². The molecular formula is C11H10N4OS2. The molecule has 0 atom stereocenters. The van der Waals surface area contributed by atoms with Crippen molar-refractivity contribution < 1.29 is 4.79 Å². The summed E-state index contributed by atoms with van der Waals surface area (Å²) >= 11 is 2.20. The summed E-state index contributed by atoms with van der Waals surface area (Å²) in [5.41, 5.74) is 6.45. The monoisotopic (exact) mass is 278 g/mol. The van der Waals surface area contributed by atoms with E-state index in [4.69, 9.17) is 11.1 Å². The Labute approximate surface area is 112 Å². The Hall–Kier alpha value is -1.73. The Morgan fingerprint density at radius 3 is 2.78 bits per heavy atom. The second-order valence-electron chi connectivity index (χ2n) is 3.40. The van der Waals surface area contributed by atoms with Crippen LogP contribution in [-0.2, 0) is 5.75 Å². The molecule has 0 radical (unpaired) electrons. The number of thioether (sulfide) groups is 1. The Morgan fingerprint density at radius 1 is 1.39 bits per heavy atom. The standard InChI is InChI=1S/C11H10N4OS2/c12-11(13)17-6-8-10(18-15-14-8)9(16)7-4-2-1-3-5-7/h1-5H,6H2,(H3,12,13). The minimum Gasteiger partial charge on any atom is -0.379 e. The molecule has 1 aromatic carbocycles. The fourth-order valence-corrected chi connectivity index (χ4v) is 2.57. The number of ketones is 1. The normalized spacial score (nSPS) is 10.2. The number of nitrogens with one attached hydrogen (secondary N) is 1. The van der Waals surface area contributed by atoms with E-state index in [0.29, 0.717) is 21.9 Å². The number of nitrogens with zero attached hydrogens (tertiary/aromatic N) is 2. The summed E-state index contributed by atoms with van der Waals surface area (Å²) in [5, 5.41) is 11.1. The number of carbonyl (C=O) groups is 1. The Balaban J connectivity index is 2.21. The molecule has 0 fully saturated rings. The summed E-state index contributed by atoms with van der Waals surface area (Å²) in [6.07, 6.45) is 0. The molecule has 0 aliphatic rings. The smallest absolute Gasteiger partial charge is 0.206 e. The van der Waals surface area contributed by atoms with Crippen molar-refractivity contribution >= 4 is 34.2 Å². The third kappa shape index (κ3) is 2.93. The predicted molar refractivity (Wildman–Crippen MR) is 73.0 cm³/mol. The fourth-order valence-electron chi connectivity index (χ4n) is 1.34. The first kappa shape index (κ1) is 12.7. The number of hydrogen-bond acceptors (Lipinski definition) is 6. The van der Waals surface area contributed by atoms with E-state index in [9.17, 15) is 4.79 Å². The average molecular weight is 278 g/mol. The molecule has 92 valence electrons. The highest BCUT2D eigenvalue weighted by molar-refractivity contribution is 8.13. The van der Waals surface area contributed by atoms with Crippen LogP contribution in [0.25, 0.3) is 0 Å². The van der Waals surface area contributed by atoms with Crippen LogP contribution in [0, 0.1) is 5.41 Å². The second kappa shape index (κ2) is 5.74. The van der Waals surface area contributed by atoms with Gasteiger partial charge in [-0.3, -0.25) is 10.2 Å². The van der Waals surface area contributed by atoms with E-state index in [2.05, 4.69) is 9.59 Å². The van der Waals surface area contributed by atoms with E-state index in [1.807, 2.05) is 18.2 Å². The van der Waals surface area contributed by atoms with Gasteiger partial charge in [-0.25, -0.2) is 0 Å². The van der Waals surface area contributed by atoms with Gasteiger partial charge in [-0.2, -0.15) is 0 Å². The van der Waals surface area contributed by atoms with Crippen LogP contribution in [0.2, 0.25) is 0 Å². The molecule has 7 heteroatoms. The molecule has 0 bridgehead atoms. The summed E-state index contributed by atoms with van der Waals surface area (Å²) in [6, 6.07) is 8.99. The van der Waals surface area contributed by atoms with Crippen molar-refractivity contribution in [2.45, 2.75) is 5.75 Å². The third-order valence-electron chi connectivity index (χ3n) is 2.16. The maximum Gasteiger partial charge on any atom is 0.206 e. The second-order valence-corrected chi connectivity index (χ2v) is 5.17. The summed E-state index contributed by atoms with van der Waals surface area (Å²) < 4.78 is 3.79. The van der Waals surface area contributed by atoms with E-state index in [1.165, 1.54) is 0 Å². The minimum absolute atomic E-state index is 0.00103. The summed E-state index contributed by atoms with van der Waals surface area (Å²) in [4.78, 5) is 12.7. The lowest BCUT2D eigenvalue weighted by Gasteiger charge is -2.00. The maximum absolute atomic E-state index is 12.2. The van der Waals surface area contributed by atoms with Gasteiger partial charge in [0.2, 0.25) is 5.78 Å². The zero-order chi connectivity index (χ0) is 13.0. The molecule has 0 aliphatic heterocycles. The molecule has 0 amide bonds.